The number of hydrogen-bond donors (Lipinski definition) is 0. The van der Waals surface area contributed by atoms with Gasteiger partial charge in [0.15, 0.2) is 0 Å². The molecule has 5 nitrogen and oxygen atoms in total. The number of thioether (sulfide) groups is 1. The molecule has 0 aromatic heterocycles. The van der Waals surface area contributed by atoms with Crippen LogP contribution in [0.5, 0.6) is 5.75 Å². The molecule has 1 fully saturated rings. The molecule has 1 aromatic carbocycles. The number of nitrogens with zero attached hydrogens (tertiary/aromatic N) is 1. The number of carboxylic acids is 1. The first-order valence-electron chi connectivity index (χ1n) is 8.06. The highest BCUT2D eigenvalue weighted by molar-refractivity contribution is 8.26. The molecular formula is C18H20NO4S2-. The van der Waals surface area contributed by atoms with E-state index in [9.17, 15) is 14.7 Å². The minimum atomic E-state index is -1.30. The van der Waals surface area contributed by atoms with Crippen LogP contribution in [0.3, 0.4) is 0 Å². The van der Waals surface area contributed by atoms with Gasteiger partial charge in [-0.2, -0.15) is 0 Å². The molecule has 7 heteroatoms. The lowest BCUT2D eigenvalue weighted by molar-refractivity contribution is -0.311. The van der Waals surface area contributed by atoms with Gasteiger partial charge in [-0.25, -0.2) is 0 Å². The zero-order chi connectivity index (χ0) is 18.6. The molecular weight excluding hydrogens is 358 g/mol. The number of carboxylic acid groups (broad SMARTS) is 1. The van der Waals surface area contributed by atoms with E-state index < -0.39 is 17.9 Å². The third-order valence-corrected chi connectivity index (χ3v) is 4.93. The summed E-state index contributed by atoms with van der Waals surface area (Å²) in [5.74, 6) is -1.29. The minimum Gasteiger partial charge on any atom is -0.548 e. The number of rotatable bonds is 7. The number of aliphatic carboxylic acids is 1. The molecule has 1 heterocycles. The van der Waals surface area contributed by atoms with E-state index in [0.717, 1.165) is 34.4 Å². The molecule has 0 saturated carbocycles. The molecule has 25 heavy (non-hydrogen) atoms. The number of hydrogen-bond acceptors (Lipinski definition) is 6. The maximum atomic E-state index is 12.7. The largest absolute Gasteiger partial charge is 0.548 e. The Morgan fingerprint density at radius 1 is 1.44 bits per heavy atom. The molecule has 0 aliphatic carbocycles. The van der Waals surface area contributed by atoms with Crippen LogP contribution >= 0.6 is 24.0 Å². The van der Waals surface area contributed by atoms with Crippen molar-refractivity contribution < 1.29 is 19.4 Å². The van der Waals surface area contributed by atoms with Crippen LogP contribution in [0, 0.1) is 5.92 Å². The highest BCUT2D eigenvalue weighted by Crippen LogP contribution is 2.35. The van der Waals surface area contributed by atoms with Gasteiger partial charge in [0.1, 0.15) is 10.1 Å². The first-order chi connectivity index (χ1) is 11.8. The van der Waals surface area contributed by atoms with Crippen molar-refractivity contribution in [3.05, 3.63) is 34.7 Å². The molecule has 1 aliphatic rings. The number of benzene rings is 1. The van der Waals surface area contributed by atoms with Crippen molar-refractivity contribution in [2.75, 3.05) is 6.61 Å². The fraction of sp³-hybridized carbons (Fsp3) is 0.389. The Labute approximate surface area is 157 Å². The molecule has 0 radical (unpaired) electrons. The van der Waals surface area contributed by atoms with E-state index >= 15 is 0 Å². The van der Waals surface area contributed by atoms with E-state index in [1.54, 1.807) is 19.9 Å². The summed E-state index contributed by atoms with van der Waals surface area (Å²) in [6.07, 6.45) is 2.60. The number of carbonyl (C=O) groups excluding carboxylic acids is 2. The van der Waals surface area contributed by atoms with E-state index in [4.69, 9.17) is 17.0 Å². The van der Waals surface area contributed by atoms with Crippen molar-refractivity contribution in [3.8, 4) is 5.75 Å². The average Bonchev–Trinajstić information content (AvgIpc) is 2.80. The van der Waals surface area contributed by atoms with Crippen molar-refractivity contribution in [3.63, 3.8) is 0 Å². The summed E-state index contributed by atoms with van der Waals surface area (Å²) in [6.45, 7) is 6.08. The van der Waals surface area contributed by atoms with Gasteiger partial charge in [-0.1, -0.05) is 56.9 Å². The molecule has 1 aromatic rings. The van der Waals surface area contributed by atoms with Crippen LogP contribution in [-0.2, 0) is 9.59 Å². The van der Waals surface area contributed by atoms with Gasteiger partial charge in [-0.3, -0.25) is 9.69 Å². The van der Waals surface area contributed by atoms with Crippen LogP contribution in [0.1, 0.15) is 32.8 Å². The smallest absolute Gasteiger partial charge is 0.266 e. The van der Waals surface area contributed by atoms with Gasteiger partial charge < -0.3 is 14.6 Å². The van der Waals surface area contributed by atoms with Crippen LogP contribution in [0.25, 0.3) is 6.08 Å². The number of thiocarbonyl (C=S) groups is 1. The predicted molar refractivity (Wildman–Crippen MR) is 101 cm³/mol. The average molecular weight is 378 g/mol. The van der Waals surface area contributed by atoms with Crippen molar-refractivity contribution in [2.45, 2.75) is 33.2 Å². The van der Waals surface area contributed by atoms with E-state index in [0.29, 0.717) is 11.5 Å². The summed E-state index contributed by atoms with van der Waals surface area (Å²) < 4.78 is 5.82. The van der Waals surface area contributed by atoms with Gasteiger partial charge in [-0.15, -0.1) is 0 Å². The van der Waals surface area contributed by atoms with Crippen LogP contribution < -0.4 is 9.84 Å². The standard InChI is InChI=1S/C18H21NO4S2/c1-4-8-23-13-7-5-6-12(9-13)10-14-16(20)19(18(24)25-14)15(11(2)3)17(21)22/h5-7,9-11,15H,4,8H2,1-3H3,(H,21,22)/p-1/b14-10+/t15-/m0/s1. The van der Waals surface area contributed by atoms with Gasteiger partial charge in [0.05, 0.1) is 23.5 Å². The minimum absolute atomic E-state index is 0.234. The Kier molecular flexibility index (Phi) is 6.61. The first-order valence-corrected chi connectivity index (χ1v) is 9.28. The normalized spacial score (nSPS) is 17.4. The molecule has 0 N–H and O–H groups in total. The molecule has 1 aliphatic heterocycles. The van der Waals surface area contributed by atoms with Crippen LogP contribution in [0.2, 0.25) is 0 Å². The van der Waals surface area contributed by atoms with Gasteiger partial charge in [0.25, 0.3) is 5.91 Å². The molecule has 0 spiro atoms. The fourth-order valence-electron chi connectivity index (χ4n) is 2.46. The Balaban J connectivity index is 2.27. The summed E-state index contributed by atoms with van der Waals surface area (Å²) in [6, 6.07) is 6.31. The molecule has 1 amide bonds. The lowest BCUT2D eigenvalue weighted by atomic mass is 10.0. The summed E-state index contributed by atoms with van der Waals surface area (Å²) in [7, 11) is 0. The molecule has 1 saturated heterocycles. The molecule has 0 unspecified atom stereocenters. The van der Waals surface area contributed by atoms with E-state index in [-0.39, 0.29) is 10.2 Å². The summed E-state index contributed by atoms with van der Waals surface area (Å²) in [5, 5.41) is 11.4. The van der Waals surface area contributed by atoms with Crippen molar-refractivity contribution >= 4 is 46.3 Å². The lowest BCUT2D eigenvalue weighted by Crippen LogP contribution is -2.52. The number of ether oxygens (including phenoxy) is 1. The zero-order valence-electron chi connectivity index (χ0n) is 14.4. The molecule has 0 bridgehead atoms. The van der Waals surface area contributed by atoms with Gasteiger partial charge in [0, 0.05) is 0 Å². The van der Waals surface area contributed by atoms with Crippen molar-refractivity contribution in [1.82, 2.24) is 4.90 Å². The Morgan fingerprint density at radius 3 is 2.76 bits per heavy atom. The highest BCUT2D eigenvalue weighted by atomic mass is 32.2. The van der Waals surface area contributed by atoms with E-state index in [1.807, 2.05) is 31.2 Å². The Morgan fingerprint density at radius 2 is 2.16 bits per heavy atom. The molecule has 134 valence electrons. The lowest BCUT2D eigenvalue weighted by Gasteiger charge is -2.30. The number of carbonyl (C=O) groups is 2. The van der Waals surface area contributed by atoms with Gasteiger partial charge in [-0.05, 0) is 36.1 Å². The maximum Gasteiger partial charge on any atom is 0.266 e. The monoisotopic (exact) mass is 378 g/mol. The van der Waals surface area contributed by atoms with Crippen LogP contribution in [0.4, 0.5) is 0 Å². The first kappa shape index (κ1) is 19.5. The second kappa shape index (κ2) is 8.49. The van der Waals surface area contributed by atoms with E-state index in [2.05, 4.69) is 0 Å². The zero-order valence-corrected chi connectivity index (χ0v) is 16.0. The third-order valence-electron chi connectivity index (χ3n) is 3.60. The fourth-order valence-corrected chi connectivity index (χ4v) is 3.79. The van der Waals surface area contributed by atoms with Crippen LogP contribution in [0.15, 0.2) is 29.2 Å². The van der Waals surface area contributed by atoms with Gasteiger partial charge in [0.2, 0.25) is 0 Å². The summed E-state index contributed by atoms with van der Waals surface area (Å²) in [4.78, 5) is 25.6. The Hall–Kier alpha value is -1.86. The topological polar surface area (TPSA) is 69.7 Å². The maximum absolute atomic E-state index is 12.7. The number of amides is 1. The van der Waals surface area contributed by atoms with Crippen LogP contribution in [-0.4, -0.2) is 33.7 Å². The molecule has 1 atom stereocenters. The van der Waals surface area contributed by atoms with E-state index in [1.165, 1.54) is 0 Å². The third kappa shape index (κ3) is 4.61. The van der Waals surface area contributed by atoms with Gasteiger partial charge >= 0.3 is 0 Å². The summed E-state index contributed by atoms with van der Waals surface area (Å²) >= 11 is 6.32. The second-order valence-corrected chi connectivity index (χ2v) is 7.66. The molecule has 2 rings (SSSR count). The Bertz CT molecular complexity index is 715. The highest BCUT2D eigenvalue weighted by Gasteiger charge is 2.39. The van der Waals surface area contributed by atoms with Crippen molar-refractivity contribution in [2.24, 2.45) is 5.92 Å². The SMILES string of the molecule is CCCOc1cccc(/C=C2/SC(=S)N([C@H](C(=O)[O-])C(C)C)C2=O)c1. The van der Waals surface area contributed by atoms with Crippen molar-refractivity contribution in [1.29, 1.82) is 0 Å². The predicted octanol–water partition coefficient (Wildman–Crippen LogP) is 2.45. The second-order valence-electron chi connectivity index (χ2n) is 5.98. The quantitative estimate of drug-likeness (QED) is 0.536. The summed E-state index contributed by atoms with van der Waals surface area (Å²) in [5.41, 5.74) is 0.795.